The zero-order valence-electron chi connectivity index (χ0n) is 10.9. The van der Waals surface area contributed by atoms with E-state index in [1.165, 1.54) is 5.56 Å². The van der Waals surface area contributed by atoms with Crippen LogP contribution >= 0.6 is 23.6 Å². The van der Waals surface area contributed by atoms with Crippen LogP contribution in [0.25, 0.3) is 0 Å². The van der Waals surface area contributed by atoms with Crippen LogP contribution in [0.1, 0.15) is 17.0 Å². The summed E-state index contributed by atoms with van der Waals surface area (Å²) in [7, 11) is 0. The molecule has 0 aliphatic rings. The third-order valence-corrected chi connectivity index (χ3v) is 3.94. The van der Waals surface area contributed by atoms with E-state index in [-0.39, 0.29) is 10.9 Å². The number of thiophene rings is 1. The fourth-order valence-corrected chi connectivity index (χ4v) is 2.90. The van der Waals surface area contributed by atoms with E-state index in [2.05, 4.69) is 16.8 Å². The molecular formula is C15H16N2OS2. The van der Waals surface area contributed by atoms with Gasteiger partial charge in [0.2, 0.25) is 5.91 Å². The Balaban J connectivity index is 1.96. The second kappa shape index (κ2) is 7.17. The molecular weight excluding hydrogens is 288 g/mol. The highest BCUT2D eigenvalue weighted by molar-refractivity contribution is 7.80. The summed E-state index contributed by atoms with van der Waals surface area (Å²) < 4.78 is 0. The first-order valence-corrected chi connectivity index (χ1v) is 7.66. The zero-order chi connectivity index (χ0) is 14.4. The van der Waals surface area contributed by atoms with Crippen LogP contribution in [-0.2, 0) is 11.2 Å². The normalized spacial score (nSPS) is 11.8. The van der Waals surface area contributed by atoms with Crippen molar-refractivity contribution in [3.8, 4) is 0 Å². The van der Waals surface area contributed by atoms with Gasteiger partial charge in [-0.3, -0.25) is 4.79 Å². The van der Waals surface area contributed by atoms with Crippen LogP contribution in [0.4, 0.5) is 0 Å². The second-order valence-corrected chi connectivity index (χ2v) is 5.67. The number of thiocarbonyl (C=S) groups is 1. The van der Waals surface area contributed by atoms with Crippen molar-refractivity contribution in [2.24, 2.45) is 5.73 Å². The van der Waals surface area contributed by atoms with Crippen LogP contribution in [-0.4, -0.2) is 17.4 Å². The van der Waals surface area contributed by atoms with Crippen molar-refractivity contribution in [1.82, 2.24) is 5.32 Å². The molecule has 3 N–H and O–H groups in total. The van der Waals surface area contributed by atoms with Crippen molar-refractivity contribution in [3.05, 3.63) is 58.3 Å². The molecule has 5 heteroatoms. The Morgan fingerprint density at radius 3 is 2.65 bits per heavy atom. The Bertz CT molecular complexity index is 567. The molecule has 20 heavy (non-hydrogen) atoms. The van der Waals surface area contributed by atoms with Gasteiger partial charge in [-0.1, -0.05) is 42.5 Å². The van der Waals surface area contributed by atoms with Crippen LogP contribution in [0.3, 0.4) is 0 Å². The Labute approximate surface area is 127 Å². The smallest absolute Gasteiger partial charge is 0.234 e. The van der Waals surface area contributed by atoms with Gasteiger partial charge in [0.15, 0.2) is 0 Å². The van der Waals surface area contributed by atoms with Gasteiger partial charge >= 0.3 is 0 Å². The Hall–Kier alpha value is -1.72. The lowest BCUT2D eigenvalue weighted by atomic mass is 9.98. The first-order chi connectivity index (χ1) is 9.68. The lowest BCUT2D eigenvalue weighted by Gasteiger charge is -2.15. The maximum atomic E-state index is 12.2. The van der Waals surface area contributed by atoms with Gasteiger partial charge in [-0.15, -0.1) is 0 Å². The van der Waals surface area contributed by atoms with Crippen LogP contribution < -0.4 is 11.1 Å². The molecule has 104 valence electrons. The molecule has 0 saturated heterocycles. The number of amides is 1. The highest BCUT2D eigenvalue weighted by Gasteiger charge is 2.22. The average molecular weight is 304 g/mol. The van der Waals surface area contributed by atoms with Crippen molar-refractivity contribution in [2.45, 2.75) is 12.3 Å². The summed E-state index contributed by atoms with van der Waals surface area (Å²) in [6.45, 7) is 0.585. The largest absolute Gasteiger partial charge is 0.392 e. The lowest BCUT2D eigenvalue weighted by molar-refractivity contribution is -0.121. The lowest BCUT2D eigenvalue weighted by Crippen LogP contribution is -2.37. The topological polar surface area (TPSA) is 55.1 Å². The molecule has 3 nitrogen and oxygen atoms in total. The SMILES string of the molecule is NC(=S)C(C(=O)NCCc1ccsc1)c1ccccc1. The highest BCUT2D eigenvalue weighted by atomic mass is 32.1. The predicted molar refractivity (Wildman–Crippen MR) is 87.0 cm³/mol. The molecule has 0 aliphatic heterocycles. The molecule has 1 atom stereocenters. The highest BCUT2D eigenvalue weighted by Crippen LogP contribution is 2.16. The fraction of sp³-hybridized carbons (Fsp3) is 0.200. The Kier molecular flexibility index (Phi) is 5.26. The maximum Gasteiger partial charge on any atom is 0.234 e. The average Bonchev–Trinajstić information content (AvgIpc) is 2.93. The van der Waals surface area contributed by atoms with Crippen LogP contribution in [0.5, 0.6) is 0 Å². The molecule has 2 aromatic rings. The summed E-state index contributed by atoms with van der Waals surface area (Å²) in [6, 6.07) is 11.4. The molecule has 0 bridgehead atoms. The van der Waals surface area contributed by atoms with Crippen molar-refractivity contribution in [2.75, 3.05) is 6.54 Å². The second-order valence-electron chi connectivity index (χ2n) is 4.42. The number of carbonyl (C=O) groups excluding carboxylic acids is 1. The van der Waals surface area contributed by atoms with Gasteiger partial charge in [0, 0.05) is 6.54 Å². The van der Waals surface area contributed by atoms with Gasteiger partial charge in [0.25, 0.3) is 0 Å². The van der Waals surface area contributed by atoms with E-state index in [1.807, 2.05) is 35.7 Å². The number of nitrogens with one attached hydrogen (secondary N) is 1. The van der Waals surface area contributed by atoms with Gasteiger partial charge in [-0.2, -0.15) is 11.3 Å². The summed E-state index contributed by atoms with van der Waals surface area (Å²) in [5.74, 6) is -0.701. The standard InChI is InChI=1S/C15H16N2OS2/c16-14(19)13(12-4-2-1-3-5-12)15(18)17-8-6-11-7-9-20-10-11/h1-5,7,9-10,13H,6,8H2,(H2,16,19)(H,17,18). The molecule has 1 aromatic heterocycles. The number of rotatable bonds is 6. The van der Waals surface area contributed by atoms with Gasteiger partial charge in [-0.25, -0.2) is 0 Å². The van der Waals surface area contributed by atoms with Gasteiger partial charge in [0.1, 0.15) is 5.92 Å². The Morgan fingerprint density at radius 1 is 1.30 bits per heavy atom. The molecule has 1 unspecified atom stereocenters. The molecule has 0 radical (unpaired) electrons. The summed E-state index contributed by atoms with van der Waals surface area (Å²) >= 11 is 6.68. The maximum absolute atomic E-state index is 12.2. The molecule has 1 amide bonds. The van der Waals surface area contributed by atoms with Crippen molar-refractivity contribution >= 4 is 34.5 Å². The summed E-state index contributed by atoms with van der Waals surface area (Å²) in [5.41, 5.74) is 7.76. The minimum Gasteiger partial charge on any atom is -0.392 e. The van der Waals surface area contributed by atoms with Crippen molar-refractivity contribution < 1.29 is 4.79 Å². The first kappa shape index (κ1) is 14.7. The summed E-state index contributed by atoms with van der Waals surface area (Å²) in [5, 5.41) is 7.00. The monoisotopic (exact) mass is 304 g/mol. The van der Waals surface area contributed by atoms with E-state index in [1.54, 1.807) is 11.3 Å². The number of benzene rings is 1. The number of carbonyl (C=O) groups is 1. The van der Waals surface area contributed by atoms with E-state index < -0.39 is 5.92 Å². The van der Waals surface area contributed by atoms with E-state index in [9.17, 15) is 4.79 Å². The van der Waals surface area contributed by atoms with Gasteiger partial charge < -0.3 is 11.1 Å². The molecule has 1 aromatic carbocycles. The summed E-state index contributed by atoms with van der Waals surface area (Å²) in [4.78, 5) is 12.4. The van der Waals surface area contributed by atoms with Crippen molar-refractivity contribution in [1.29, 1.82) is 0 Å². The zero-order valence-corrected chi connectivity index (χ0v) is 12.5. The van der Waals surface area contributed by atoms with E-state index in [4.69, 9.17) is 18.0 Å². The fourth-order valence-electron chi connectivity index (χ4n) is 1.96. The summed E-state index contributed by atoms with van der Waals surface area (Å²) in [6.07, 6.45) is 0.814. The van der Waals surface area contributed by atoms with E-state index in [0.29, 0.717) is 6.54 Å². The van der Waals surface area contributed by atoms with Crippen LogP contribution in [0.15, 0.2) is 47.2 Å². The van der Waals surface area contributed by atoms with E-state index in [0.717, 1.165) is 12.0 Å². The quantitative estimate of drug-likeness (QED) is 0.806. The van der Waals surface area contributed by atoms with Crippen LogP contribution in [0, 0.1) is 0 Å². The molecule has 2 rings (SSSR count). The predicted octanol–water partition coefficient (Wildman–Crippen LogP) is 2.48. The minimum atomic E-state index is -0.561. The number of nitrogens with two attached hydrogens (primary N) is 1. The molecule has 0 aliphatic carbocycles. The van der Waals surface area contributed by atoms with Gasteiger partial charge in [0.05, 0.1) is 4.99 Å². The third-order valence-electron chi connectivity index (χ3n) is 2.97. The van der Waals surface area contributed by atoms with Crippen molar-refractivity contribution in [3.63, 3.8) is 0 Å². The Morgan fingerprint density at radius 2 is 2.05 bits per heavy atom. The molecule has 0 fully saturated rings. The molecule has 0 spiro atoms. The third kappa shape index (κ3) is 3.88. The number of hydrogen-bond acceptors (Lipinski definition) is 3. The number of hydrogen-bond donors (Lipinski definition) is 2. The van der Waals surface area contributed by atoms with Gasteiger partial charge in [-0.05, 0) is 34.4 Å². The minimum absolute atomic E-state index is 0.140. The first-order valence-electron chi connectivity index (χ1n) is 6.31. The van der Waals surface area contributed by atoms with E-state index >= 15 is 0 Å². The molecule has 1 heterocycles. The van der Waals surface area contributed by atoms with Crippen LogP contribution in [0.2, 0.25) is 0 Å². The molecule has 0 saturated carbocycles.